The van der Waals surface area contributed by atoms with Crippen molar-refractivity contribution in [3.05, 3.63) is 56.0 Å². The van der Waals surface area contributed by atoms with Gasteiger partial charge in [0.2, 0.25) is 0 Å². The van der Waals surface area contributed by atoms with E-state index in [2.05, 4.69) is 10.3 Å². The Bertz CT molecular complexity index is 1140. The number of esters is 1. The van der Waals surface area contributed by atoms with Gasteiger partial charge in [0.1, 0.15) is 0 Å². The predicted molar refractivity (Wildman–Crippen MR) is 110 cm³/mol. The summed E-state index contributed by atoms with van der Waals surface area (Å²) in [6.45, 7) is 3.35. The maximum absolute atomic E-state index is 13.4. The summed E-state index contributed by atoms with van der Waals surface area (Å²) in [6, 6.07) is 3.39. The van der Waals surface area contributed by atoms with Crippen molar-refractivity contribution >= 4 is 39.7 Å². The number of amides is 1. The van der Waals surface area contributed by atoms with Crippen LogP contribution in [-0.2, 0) is 20.9 Å². The molecule has 0 saturated heterocycles. The van der Waals surface area contributed by atoms with Crippen LogP contribution in [0.3, 0.4) is 0 Å². The number of anilines is 1. The molecule has 158 valence electrons. The molecule has 0 fully saturated rings. The highest BCUT2D eigenvalue weighted by molar-refractivity contribution is 7.14. The van der Waals surface area contributed by atoms with Crippen molar-refractivity contribution in [3.63, 3.8) is 0 Å². The Balaban J connectivity index is 1.54. The van der Waals surface area contributed by atoms with E-state index in [1.165, 1.54) is 17.6 Å². The quantitative estimate of drug-likeness (QED) is 0.553. The number of carbonyl (C=O) groups is 2. The van der Waals surface area contributed by atoms with E-state index in [1.807, 2.05) is 0 Å². The molecule has 1 N–H and O–H groups in total. The molecule has 0 aliphatic rings. The molecule has 0 unspecified atom stereocenters. The first-order valence-corrected chi connectivity index (χ1v) is 10.6. The summed E-state index contributed by atoms with van der Waals surface area (Å²) in [5.41, 5.74) is 1.49. The second kappa shape index (κ2) is 9.26. The van der Waals surface area contributed by atoms with Crippen LogP contribution in [0.15, 0.2) is 33.8 Å². The highest BCUT2D eigenvalue weighted by atomic mass is 32.1. The Morgan fingerprint density at radius 1 is 1.23 bits per heavy atom. The van der Waals surface area contributed by atoms with Gasteiger partial charge in [0, 0.05) is 28.6 Å². The van der Waals surface area contributed by atoms with E-state index in [-0.39, 0.29) is 23.0 Å². The molecule has 0 bridgehead atoms. The molecule has 3 aromatic rings. The molecule has 2 aromatic heterocycles. The number of nitrogens with one attached hydrogen (secondary N) is 1. The molecular weight excluding hydrogens is 436 g/mol. The number of rotatable bonds is 7. The summed E-state index contributed by atoms with van der Waals surface area (Å²) in [6.07, 6.45) is -1.12. The lowest BCUT2D eigenvalue weighted by atomic mass is 10.2. The first kappa shape index (κ1) is 21.8. The average molecular weight is 453 g/mol. The van der Waals surface area contributed by atoms with Crippen LogP contribution in [0.5, 0.6) is 0 Å². The Hall–Kier alpha value is -2.92. The fourth-order valence-corrected chi connectivity index (χ4v) is 4.00. The van der Waals surface area contributed by atoms with E-state index in [0.29, 0.717) is 11.3 Å². The molecular formula is C19H17F2N3O4S2. The zero-order chi connectivity index (χ0) is 21.8. The fraction of sp³-hybridized carbons (Fsp3) is 0.263. The third kappa shape index (κ3) is 5.16. The molecule has 0 aliphatic carbocycles. The minimum atomic E-state index is -1.08. The SMILES string of the molecule is Cc1csc(=O)n1CCC(=O)O[C@@H](C)C(=O)Nc1nc(-c2ccc(F)c(F)c2)cs1. The number of benzene rings is 1. The summed E-state index contributed by atoms with van der Waals surface area (Å²) in [7, 11) is 0. The molecule has 0 radical (unpaired) electrons. The number of ether oxygens (including phenoxy) is 1. The molecule has 11 heteroatoms. The monoisotopic (exact) mass is 453 g/mol. The maximum atomic E-state index is 13.4. The fourth-order valence-electron chi connectivity index (χ4n) is 2.51. The lowest BCUT2D eigenvalue weighted by Gasteiger charge is -2.12. The van der Waals surface area contributed by atoms with Crippen molar-refractivity contribution in [3.8, 4) is 11.3 Å². The van der Waals surface area contributed by atoms with E-state index < -0.39 is 29.6 Å². The van der Waals surface area contributed by atoms with Gasteiger partial charge < -0.3 is 9.30 Å². The molecule has 2 heterocycles. The second-order valence-corrected chi connectivity index (χ2v) is 8.01. The Labute approximate surface area is 178 Å². The van der Waals surface area contributed by atoms with Crippen molar-refractivity contribution in [1.29, 1.82) is 0 Å². The van der Waals surface area contributed by atoms with Gasteiger partial charge in [-0.2, -0.15) is 0 Å². The summed E-state index contributed by atoms with van der Waals surface area (Å²) in [4.78, 5) is 39.9. The second-order valence-electron chi connectivity index (χ2n) is 6.33. The normalized spacial score (nSPS) is 11.9. The molecule has 30 heavy (non-hydrogen) atoms. The number of halogens is 2. The van der Waals surface area contributed by atoms with E-state index in [4.69, 9.17) is 4.74 Å². The number of carbonyl (C=O) groups excluding carboxylic acids is 2. The predicted octanol–water partition coefficient (Wildman–Crippen LogP) is 3.58. The topological polar surface area (TPSA) is 90.3 Å². The molecule has 0 spiro atoms. The van der Waals surface area contributed by atoms with Gasteiger partial charge in [0.05, 0.1) is 12.1 Å². The summed E-state index contributed by atoms with van der Waals surface area (Å²) in [5.74, 6) is -3.15. The molecule has 1 atom stereocenters. The number of hydrogen-bond donors (Lipinski definition) is 1. The number of aryl methyl sites for hydroxylation is 1. The van der Waals surface area contributed by atoms with Crippen LogP contribution in [0.2, 0.25) is 0 Å². The van der Waals surface area contributed by atoms with Gasteiger partial charge in [-0.05, 0) is 32.0 Å². The Morgan fingerprint density at radius 3 is 2.67 bits per heavy atom. The van der Waals surface area contributed by atoms with E-state index in [1.54, 1.807) is 17.7 Å². The number of thiazole rings is 2. The van der Waals surface area contributed by atoms with Gasteiger partial charge in [0.15, 0.2) is 22.9 Å². The molecule has 0 aliphatic heterocycles. The van der Waals surface area contributed by atoms with Crippen molar-refractivity contribution < 1.29 is 23.1 Å². The van der Waals surface area contributed by atoms with Crippen molar-refractivity contribution in [1.82, 2.24) is 9.55 Å². The standard InChI is InChI=1S/C19H17F2N3O4S2/c1-10-8-30-19(27)24(10)6-5-16(25)28-11(2)17(26)23-18-22-15(9-29-18)12-3-4-13(20)14(21)7-12/h3-4,7-9,11H,5-6H2,1-2H3,(H,22,23,26)/t11-/m0/s1. The van der Waals surface area contributed by atoms with Crippen LogP contribution in [0, 0.1) is 18.6 Å². The molecule has 1 amide bonds. The maximum Gasteiger partial charge on any atom is 0.308 e. The minimum Gasteiger partial charge on any atom is -0.452 e. The lowest BCUT2D eigenvalue weighted by Crippen LogP contribution is -2.30. The highest BCUT2D eigenvalue weighted by Crippen LogP contribution is 2.26. The van der Waals surface area contributed by atoms with Gasteiger partial charge in [-0.25, -0.2) is 13.8 Å². The van der Waals surface area contributed by atoms with E-state index >= 15 is 0 Å². The number of aromatic nitrogens is 2. The van der Waals surface area contributed by atoms with Gasteiger partial charge in [-0.1, -0.05) is 11.3 Å². The van der Waals surface area contributed by atoms with Crippen molar-refractivity contribution in [2.24, 2.45) is 0 Å². The summed E-state index contributed by atoms with van der Waals surface area (Å²) >= 11 is 2.14. The average Bonchev–Trinajstić information content (AvgIpc) is 3.29. The summed E-state index contributed by atoms with van der Waals surface area (Å²) in [5, 5.41) is 6.03. The van der Waals surface area contributed by atoms with Crippen LogP contribution in [0.25, 0.3) is 11.3 Å². The van der Waals surface area contributed by atoms with Gasteiger partial charge in [-0.15, -0.1) is 11.3 Å². The number of hydrogen-bond acceptors (Lipinski definition) is 7. The Kier molecular flexibility index (Phi) is 6.73. The van der Waals surface area contributed by atoms with Crippen LogP contribution < -0.4 is 10.2 Å². The first-order valence-electron chi connectivity index (χ1n) is 8.81. The number of nitrogens with zero attached hydrogens (tertiary/aromatic N) is 2. The minimum absolute atomic E-state index is 0.0490. The van der Waals surface area contributed by atoms with E-state index in [0.717, 1.165) is 40.5 Å². The molecule has 1 aromatic carbocycles. The largest absolute Gasteiger partial charge is 0.452 e. The van der Waals surface area contributed by atoms with Crippen LogP contribution in [0.4, 0.5) is 13.9 Å². The molecule has 3 rings (SSSR count). The van der Waals surface area contributed by atoms with Gasteiger partial charge in [-0.3, -0.25) is 19.7 Å². The highest BCUT2D eigenvalue weighted by Gasteiger charge is 2.20. The van der Waals surface area contributed by atoms with Gasteiger partial charge >= 0.3 is 10.8 Å². The van der Waals surface area contributed by atoms with Crippen molar-refractivity contribution in [2.75, 3.05) is 5.32 Å². The lowest BCUT2D eigenvalue weighted by molar-refractivity contribution is -0.153. The zero-order valence-electron chi connectivity index (χ0n) is 16.0. The van der Waals surface area contributed by atoms with Gasteiger partial charge in [0.25, 0.3) is 5.91 Å². The first-order chi connectivity index (χ1) is 14.2. The van der Waals surface area contributed by atoms with Crippen LogP contribution in [-0.4, -0.2) is 27.5 Å². The Morgan fingerprint density at radius 2 is 2.00 bits per heavy atom. The van der Waals surface area contributed by atoms with Crippen molar-refractivity contribution in [2.45, 2.75) is 32.9 Å². The smallest absolute Gasteiger partial charge is 0.308 e. The third-order valence-electron chi connectivity index (χ3n) is 4.14. The van der Waals surface area contributed by atoms with E-state index in [9.17, 15) is 23.2 Å². The zero-order valence-corrected chi connectivity index (χ0v) is 17.6. The molecule has 0 saturated carbocycles. The molecule has 7 nitrogen and oxygen atoms in total. The third-order valence-corrected chi connectivity index (χ3v) is 5.78. The van der Waals surface area contributed by atoms with Crippen LogP contribution in [0.1, 0.15) is 19.0 Å². The van der Waals surface area contributed by atoms with Crippen LogP contribution >= 0.6 is 22.7 Å². The summed E-state index contributed by atoms with van der Waals surface area (Å²) < 4.78 is 33.0.